The SMILES string of the molecule is CC(=O)OC(c1cc(C)nc(C)c1)c1cc(Nc2cccc(OC(F)(F)F)c2)n[nH]1. The Bertz CT molecular complexity index is 1030. The standard InChI is InChI=1S/C20H19F3N4O3/c1-11-7-14(8-12(2)24-11)19(29-13(3)28)17-10-18(27-26-17)25-15-5-4-6-16(9-15)30-20(21,22)23/h4-10,19H,1-3H3,(H2,25,26,27). The second-order valence-corrected chi connectivity index (χ2v) is 6.58. The summed E-state index contributed by atoms with van der Waals surface area (Å²) in [6.07, 6.45) is -5.53. The molecule has 0 amide bonds. The minimum atomic E-state index is -4.78. The van der Waals surface area contributed by atoms with E-state index in [1.165, 1.54) is 25.1 Å². The molecule has 158 valence electrons. The summed E-state index contributed by atoms with van der Waals surface area (Å²) < 4.78 is 46.6. The predicted molar refractivity (Wildman–Crippen MR) is 102 cm³/mol. The van der Waals surface area contributed by atoms with Gasteiger partial charge in [0, 0.05) is 41.7 Å². The molecule has 0 spiro atoms. The van der Waals surface area contributed by atoms with Crippen LogP contribution in [-0.4, -0.2) is 27.5 Å². The molecule has 0 aliphatic rings. The predicted octanol–water partition coefficient (Wildman–Crippen LogP) is 4.72. The van der Waals surface area contributed by atoms with Crippen LogP contribution in [0.4, 0.5) is 24.7 Å². The molecule has 1 unspecified atom stereocenters. The number of nitrogens with zero attached hydrogens (tertiary/aromatic N) is 2. The molecule has 0 saturated carbocycles. The number of esters is 1. The molecule has 7 nitrogen and oxygen atoms in total. The number of anilines is 2. The van der Waals surface area contributed by atoms with Crippen LogP contribution in [-0.2, 0) is 9.53 Å². The average Bonchev–Trinajstić information content (AvgIpc) is 3.05. The van der Waals surface area contributed by atoms with Crippen LogP contribution in [0.2, 0.25) is 0 Å². The number of pyridine rings is 1. The van der Waals surface area contributed by atoms with Crippen molar-refractivity contribution >= 4 is 17.5 Å². The zero-order valence-electron chi connectivity index (χ0n) is 16.4. The molecule has 3 aromatic rings. The van der Waals surface area contributed by atoms with Crippen molar-refractivity contribution in [1.82, 2.24) is 15.2 Å². The zero-order chi connectivity index (χ0) is 21.9. The molecule has 0 bridgehead atoms. The summed E-state index contributed by atoms with van der Waals surface area (Å²) in [4.78, 5) is 15.9. The molecular formula is C20H19F3N4O3. The summed E-state index contributed by atoms with van der Waals surface area (Å²) in [5, 5.41) is 9.80. The summed E-state index contributed by atoms with van der Waals surface area (Å²) in [5.41, 5.74) is 3.07. The second-order valence-electron chi connectivity index (χ2n) is 6.58. The van der Waals surface area contributed by atoms with Gasteiger partial charge in [-0.2, -0.15) is 5.10 Å². The smallest absolute Gasteiger partial charge is 0.451 e. The lowest BCUT2D eigenvalue weighted by molar-refractivity contribution is -0.274. The fourth-order valence-corrected chi connectivity index (χ4v) is 2.95. The number of carbonyl (C=O) groups is 1. The fourth-order valence-electron chi connectivity index (χ4n) is 2.95. The summed E-state index contributed by atoms with van der Waals surface area (Å²) >= 11 is 0. The van der Waals surface area contributed by atoms with Crippen molar-refractivity contribution in [3.63, 3.8) is 0 Å². The number of aromatic nitrogens is 3. The van der Waals surface area contributed by atoms with E-state index in [1.54, 1.807) is 24.3 Å². The average molecular weight is 420 g/mol. The number of ether oxygens (including phenoxy) is 2. The quantitative estimate of drug-likeness (QED) is 0.561. The Balaban J connectivity index is 1.84. The molecule has 0 aliphatic carbocycles. The molecule has 3 rings (SSSR count). The van der Waals surface area contributed by atoms with Gasteiger partial charge in [0.15, 0.2) is 11.9 Å². The fraction of sp³-hybridized carbons (Fsp3) is 0.250. The maximum Gasteiger partial charge on any atom is 0.573 e. The Morgan fingerprint density at radius 3 is 2.47 bits per heavy atom. The lowest BCUT2D eigenvalue weighted by Gasteiger charge is -2.16. The molecule has 0 aliphatic heterocycles. The number of hydrogen-bond acceptors (Lipinski definition) is 6. The molecule has 30 heavy (non-hydrogen) atoms. The number of H-pyrrole nitrogens is 1. The van der Waals surface area contributed by atoms with Gasteiger partial charge in [0.05, 0.1) is 5.69 Å². The van der Waals surface area contributed by atoms with E-state index in [9.17, 15) is 18.0 Å². The van der Waals surface area contributed by atoms with Crippen molar-refractivity contribution < 1.29 is 27.4 Å². The van der Waals surface area contributed by atoms with Crippen LogP contribution in [0.15, 0.2) is 42.5 Å². The van der Waals surface area contributed by atoms with Crippen molar-refractivity contribution in [2.45, 2.75) is 33.2 Å². The number of carbonyl (C=O) groups excluding carboxylic acids is 1. The number of halogens is 3. The van der Waals surface area contributed by atoms with Crippen LogP contribution < -0.4 is 10.1 Å². The van der Waals surface area contributed by atoms with Crippen molar-refractivity contribution in [2.75, 3.05) is 5.32 Å². The van der Waals surface area contributed by atoms with Crippen LogP contribution in [0, 0.1) is 13.8 Å². The van der Waals surface area contributed by atoms with E-state index in [1.807, 2.05) is 13.8 Å². The lowest BCUT2D eigenvalue weighted by atomic mass is 10.1. The van der Waals surface area contributed by atoms with Gasteiger partial charge < -0.3 is 14.8 Å². The topological polar surface area (TPSA) is 89.1 Å². The minimum Gasteiger partial charge on any atom is -0.451 e. The number of rotatable bonds is 6. The van der Waals surface area contributed by atoms with Crippen LogP contribution in [0.25, 0.3) is 0 Å². The van der Waals surface area contributed by atoms with E-state index >= 15 is 0 Å². The zero-order valence-corrected chi connectivity index (χ0v) is 16.4. The van der Waals surface area contributed by atoms with Crippen LogP contribution in [0.3, 0.4) is 0 Å². The van der Waals surface area contributed by atoms with Crippen LogP contribution in [0.5, 0.6) is 5.75 Å². The first kappa shape index (κ1) is 21.2. The Hall–Kier alpha value is -3.56. The van der Waals surface area contributed by atoms with E-state index in [2.05, 4.69) is 25.2 Å². The van der Waals surface area contributed by atoms with E-state index in [0.29, 0.717) is 22.8 Å². The van der Waals surface area contributed by atoms with Crippen molar-refractivity contribution in [2.24, 2.45) is 0 Å². The summed E-state index contributed by atoms with van der Waals surface area (Å²) in [5.74, 6) is -0.508. The Morgan fingerprint density at radius 2 is 1.83 bits per heavy atom. The van der Waals surface area contributed by atoms with E-state index in [4.69, 9.17) is 4.74 Å². The largest absolute Gasteiger partial charge is 0.573 e. The summed E-state index contributed by atoms with van der Waals surface area (Å²) in [6, 6.07) is 10.6. The molecule has 1 aromatic carbocycles. The maximum atomic E-state index is 12.4. The number of aryl methyl sites for hydroxylation is 2. The highest BCUT2D eigenvalue weighted by molar-refractivity contribution is 5.67. The number of alkyl halides is 3. The number of nitrogens with one attached hydrogen (secondary N) is 2. The number of aromatic amines is 1. The molecule has 1 atom stereocenters. The first-order valence-corrected chi connectivity index (χ1v) is 8.89. The molecule has 2 N–H and O–H groups in total. The Kier molecular flexibility index (Phi) is 5.95. The highest BCUT2D eigenvalue weighted by Gasteiger charge is 2.31. The molecular weight excluding hydrogens is 401 g/mol. The molecule has 0 saturated heterocycles. The van der Waals surface area contributed by atoms with E-state index in [0.717, 1.165) is 11.4 Å². The van der Waals surface area contributed by atoms with Crippen LogP contribution in [0.1, 0.15) is 35.7 Å². The van der Waals surface area contributed by atoms with Gasteiger partial charge in [-0.15, -0.1) is 13.2 Å². The van der Waals surface area contributed by atoms with Gasteiger partial charge in [0.1, 0.15) is 5.75 Å². The molecule has 2 heterocycles. The third-order valence-electron chi connectivity index (χ3n) is 3.91. The van der Waals surface area contributed by atoms with Gasteiger partial charge in [-0.05, 0) is 38.1 Å². The summed E-state index contributed by atoms with van der Waals surface area (Å²) in [6.45, 7) is 4.96. The van der Waals surface area contributed by atoms with Gasteiger partial charge in [-0.1, -0.05) is 6.07 Å². The van der Waals surface area contributed by atoms with E-state index < -0.39 is 18.4 Å². The second kappa shape index (κ2) is 8.44. The summed E-state index contributed by atoms with van der Waals surface area (Å²) in [7, 11) is 0. The minimum absolute atomic E-state index is 0.328. The maximum absolute atomic E-state index is 12.4. The highest BCUT2D eigenvalue weighted by atomic mass is 19.4. The van der Waals surface area contributed by atoms with Gasteiger partial charge in [0.2, 0.25) is 0 Å². The van der Waals surface area contributed by atoms with Crippen LogP contribution >= 0.6 is 0 Å². The van der Waals surface area contributed by atoms with Crippen molar-refractivity contribution in [1.29, 1.82) is 0 Å². The number of hydrogen-bond donors (Lipinski definition) is 2. The third-order valence-corrected chi connectivity index (χ3v) is 3.91. The molecule has 10 heteroatoms. The first-order valence-electron chi connectivity index (χ1n) is 8.89. The van der Waals surface area contributed by atoms with Gasteiger partial charge in [-0.25, -0.2) is 0 Å². The molecule has 0 fully saturated rings. The monoisotopic (exact) mass is 420 g/mol. The normalized spacial score (nSPS) is 12.3. The van der Waals surface area contributed by atoms with Crippen molar-refractivity contribution in [3.05, 3.63) is 65.1 Å². The van der Waals surface area contributed by atoms with Gasteiger partial charge in [0.25, 0.3) is 0 Å². The van der Waals surface area contributed by atoms with E-state index in [-0.39, 0.29) is 5.75 Å². The Morgan fingerprint density at radius 1 is 1.13 bits per heavy atom. The van der Waals surface area contributed by atoms with Gasteiger partial charge >= 0.3 is 12.3 Å². The molecule has 2 aromatic heterocycles. The highest BCUT2D eigenvalue weighted by Crippen LogP contribution is 2.29. The Labute approximate surface area is 170 Å². The lowest BCUT2D eigenvalue weighted by Crippen LogP contribution is -2.17. The number of benzene rings is 1. The van der Waals surface area contributed by atoms with Crippen molar-refractivity contribution in [3.8, 4) is 5.75 Å². The molecule has 0 radical (unpaired) electrons. The third kappa shape index (κ3) is 5.72. The first-order chi connectivity index (χ1) is 14.1. The van der Waals surface area contributed by atoms with Gasteiger partial charge in [-0.3, -0.25) is 14.9 Å².